The molecule has 0 aliphatic heterocycles. The van der Waals surface area contributed by atoms with E-state index in [4.69, 9.17) is 5.73 Å². The van der Waals surface area contributed by atoms with Crippen LogP contribution in [0.5, 0.6) is 0 Å². The number of benzene rings is 1. The summed E-state index contributed by atoms with van der Waals surface area (Å²) < 4.78 is 0.991. The highest BCUT2D eigenvalue weighted by molar-refractivity contribution is 9.10. The lowest BCUT2D eigenvalue weighted by Gasteiger charge is -2.09. The zero-order chi connectivity index (χ0) is 14.8. The third kappa shape index (κ3) is 2.67. The summed E-state index contributed by atoms with van der Waals surface area (Å²) in [5, 5.41) is 4.04. The van der Waals surface area contributed by atoms with E-state index in [1.165, 1.54) is 0 Å². The largest absolute Gasteiger partial charge is 0.370 e. The lowest BCUT2D eigenvalue weighted by atomic mass is 10.1. The van der Waals surface area contributed by atoms with Crippen molar-refractivity contribution < 1.29 is 0 Å². The molecular weight excluding hydrogens is 330 g/mol. The maximum atomic E-state index is 5.76. The molecule has 21 heavy (non-hydrogen) atoms. The molecule has 2 aromatic heterocycles. The van der Waals surface area contributed by atoms with Gasteiger partial charge in [-0.15, -0.1) is 0 Å². The van der Waals surface area contributed by atoms with Crippen molar-refractivity contribution >= 4 is 38.7 Å². The average molecular weight is 344 g/mol. The minimum absolute atomic E-state index is 0.218. The molecule has 0 amide bonds. The molecule has 5 nitrogen and oxygen atoms in total. The Morgan fingerprint density at radius 2 is 1.90 bits per heavy atom. The maximum Gasteiger partial charge on any atom is 0.224 e. The van der Waals surface area contributed by atoms with E-state index >= 15 is 0 Å². The first-order valence-electron chi connectivity index (χ1n) is 6.62. The molecule has 106 valence electrons. The molecule has 0 spiro atoms. The van der Waals surface area contributed by atoms with Gasteiger partial charge in [-0.1, -0.05) is 34.1 Å². The quantitative estimate of drug-likeness (QED) is 0.761. The van der Waals surface area contributed by atoms with Gasteiger partial charge in [0.25, 0.3) is 0 Å². The topological polar surface area (TPSA) is 76.7 Å². The van der Waals surface area contributed by atoms with Crippen LogP contribution in [0.15, 0.2) is 40.9 Å². The fourth-order valence-electron chi connectivity index (χ4n) is 2.15. The van der Waals surface area contributed by atoms with Gasteiger partial charge in [-0.05, 0) is 25.1 Å². The Labute approximate surface area is 130 Å². The zero-order valence-electron chi connectivity index (χ0n) is 11.5. The standard InChI is InChI=1S/C15H14BrN5/c1-2-18-13-10-7-8-12(9-5-3-4-6-11(9)16)19-14(10)21-15(17)20-13/h3-8H,2H2,1H3,(H3,17,18,19,20,21). The molecule has 0 unspecified atom stereocenters. The number of nitrogen functional groups attached to an aromatic ring is 1. The van der Waals surface area contributed by atoms with Crippen LogP contribution in [0, 0.1) is 0 Å². The fraction of sp³-hybridized carbons (Fsp3) is 0.133. The summed E-state index contributed by atoms with van der Waals surface area (Å²) in [5.41, 5.74) is 8.21. The summed E-state index contributed by atoms with van der Waals surface area (Å²) in [5.74, 6) is 0.932. The minimum Gasteiger partial charge on any atom is -0.370 e. The fourth-order valence-corrected chi connectivity index (χ4v) is 2.64. The predicted octanol–water partition coefficient (Wildman–Crippen LogP) is 3.47. The number of hydrogen-bond acceptors (Lipinski definition) is 5. The predicted molar refractivity (Wildman–Crippen MR) is 89.0 cm³/mol. The van der Waals surface area contributed by atoms with Crippen molar-refractivity contribution in [1.82, 2.24) is 15.0 Å². The number of nitrogens with two attached hydrogens (primary N) is 1. The van der Waals surface area contributed by atoms with Crippen molar-refractivity contribution in [2.45, 2.75) is 6.92 Å². The highest BCUT2D eigenvalue weighted by Gasteiger charge is 2.10. The second-order valence-corrected chi connectivity index (χ2v) is 5.36. The highest BCUT2D eigenvalue weighted by atomic mass is 79.9. The van der Waals surface area contributed by atoms with Crippen LogP contribution < -0.4 is 11.1 Å². The number of fused-ring (bicyclic) bond motifs is 1. The van der Waals surface area contributed by atoms with E-state index in [0.717, 1.165) is 27.7 Å². The molecule has 1 aromatic carbocycles. The Kier molecular flexibility index (Phi) is 3.70. The molecule has 3 aromatic rings. The van der Waals surface area contributed by atoms with Gasteiger partial charge in [0.1, 0.15) is 5.82 Å². The molecule has 0 saturated carbocycles. The molecule has 0 aliphatic rings. The molecule has 0 aliphatic carbocycles. The van der Waals surface area contributed by atoms with Crippen LogP contribution in [-0.4, -0.2) is 21.5 Å². The molecule has 0 bridgehead atoms. The first kappa shape index (κ1) is 13.8. The molecule has 3 rings (SSSR count). The van der Waals surface area contributed by atoms with Crippen LogP contribution in [0.4, 0.5) is 11.8 Å². The summed E-state index contributed by atoms with van der Waals surface area (Å²) in [6, 6.07) is 11.9. The monoisotopic (exact) mass is 343 g/mol. The lowest BCUT2D eigenvalue weighted by molar-refractivity contribution is 1.14. The normalized spacial score (nSPS) is 10.8. The Morgan fingerprint density at radius 3 is 2.67 bits per heavy atom. The zero-order valence-corrected chi connectivity index (χ0v) is 13.1. The minimum atomic E-state index is 0.218. The van der Waals surface area contributed by atoms with Crippen LogP contribution in [0.2, 0.25) is 0 Å². The van der Waals surface area contributed by atoms with Crippen molar-refractivity contribution in [3.05, 3.63) is 40.9 Å². The van der Waals surface area contributed by atoms with Crippen LogP contribution in [0.25, 0.3) is 22.3 Å². The summed E-state index contributed by atoms with van der Waals surface area (Å²) >= 11 is 3.54. The Morgan fingerprint density at radius 1 is 1.10 bits per heavy atom. The average Bonchev–Trinajstić information content (AvgIpc) is 2.47. The van der Waals surface area contributed by atoms with E-state index in [2.05, 4.69) is 36.2 Å². The number of aromatic nitrogens is 3. The van der Waals surface area contributed by atoms with Gasteiger partial charge in [0, 0.05) is 16.6 Å². The number of anilines is 2. The van der Waals surface area contributed by atoms with Gasteiger partial charge in [-0.3, -0.25) is 0 Å². The molecule has 0 atom stereocenters. The van der Waals surface area contributed by atoms with Gasteiger partial charge in [-0.2, -0.15) is 9.97 Å². The first-order valence-corrected chi connectivity index (χ1v) is 7.41. The van der Waals surface area contributed by atoms with Gasteiger partial charge in [0.05, 0.1) is 11.1 Å². The van der Waals surface area contributed by atoms with Crippen LogP contribution in [-0.2, 0) is 0 Å². The molecule has 0 fully saturated rings. The third-order valence-electron chi connectivity index (χ3n) is 3.07. The number of nitrogens with zero attached hydrogens (tertiary/aromatic N) is 3. The lowest BCUT2D eigenvalue weighted by Crippen LogP contribution is -2.05. The summed E-state index contributed by atoms with van der Waals surface area (Å²) in [6.45, 7) is 2.77. The van der Waals surface area contributed by atoms with Gasteiger partial charge in [0.2, 0.25) is 5.95 Å². The first-order chi connectivity index (χ1) is 10.2. The van der Waals surface area contributed by atoms with Crippen molar-refractivity contribution in [2.75, 3.05) is 17.6 Å². The Bertz CT molecular complexity index is 803. The van der Waals surface area contributed by atoms with Crippen LogP contribution >= 0.6 is 15.9 Å². The summed E-state index contributed by atoms with van der Waals surface area (Å²) in [7, 11) is 0. The summed E-state index contributed by atoms with van der Waals surface area (Å²) in [6.07, 6.45) is 0. The van der Waals surface area contributed by atoms with Crippen LogP contribution in [0.1, 0.15) is 6.92 Å². The van der Waals surface area contributed by atoms with Gasteiger partial charge < -0.3 is 11.1 Å². The molecule has 0 radical (unpaired) electrons. The molecule has 0 saturated heterocycles. The Hall–Kier alpha value is -2.21. The summed E-state index contributed by atoms with van der Waals surface area (Å²) in [4.78, 5) is 13.1. The third-order valence-corrected chi connectivity index (χ3v) is 3.76. The second-order valence-electron chi connectivity index (χ2n) is 4.51. The van der Waals surface area contributed by atoms with Gasteiger partial charge in [0.15, 0.2) is 5.65 Å². The van der Waals surface area contributed by atoms with E-state index in [1.807, 2.05) is 43.3 Å². The molecule has 3 N–H and O–H groups in total. The van der Waals surface area contributed by atoms with Crippen molar-refractivity contribution in [1.29, 1.82) is 0 Å². The number of halogens is 1. The smallest absolute Gasteiger partial charge is 0.224 e. The number of pyridine rings is 1. The molecule has 2 heterocycles. The van der Waals surface area contributed by atoms with Crippen molar-refractivity contribution in [3.8, 4) is 11.3 Å². The van der Waals surface area contributed by atoms with Crippen LogP contribution in [0.3, 0.4) is 0 Å². The number of rotatable bonds is 3. The molecular formula is C15H14BrN5. The molecule has 6 heteroatoms. The van der Waals surface area contributed by atoms with E-state index in [1.54, 1.807) is 0 Å². The van der Waals surface area contributed by atoms with Gasteiger partial charge in [-0.25, -0.2) is 4.98 Å². The second kappa shape index (κ2) is 5.65. The van der Waals surface area contributed by atoms with Crippen molar-refractivity contribution in [3.63, 3.8) is 0 Å². The van der Waals surface area contributed by atoms with E-state index in [9.17, 15) is 0 Å². The number of hydrogen-bond donors (Lipinski definition) is 2. The van der Waals surface area contributed by atoms with E-state index < -0.39 is 0 Å². The van der Waals surface area contributed by atoms with E-state index in [0.29, 0.717) is 11.5 Å². The highest BCUT2D eigenvalue weighted by Crippen LogP contribution is 2.29. The van der Waals surface area contributed by atoms with E-state index in [-0.39, 0.29) is 5.95 Å². The maximum absolute atomic E-state index is 5.76. The van der Waals surface area contributed by atoms with Crippen molar-refractivity contribution in [2.24, 2.45) is 0 Å². The number of nitrogens with one attached hydrogen (secondary N) is 1. The Balaban J connectivity index is 2.19. The van der Waals surface area contributed by atoms with Gasteiger partial charge >= 0.3 is 0 Å². The SMILES string of the molecule is CCNc1nc(N)nc2nc(-c3ccccc3Br)ccc12.